The van der Waals surface area contributed by atoms with Gasteiger partial charge in [-0.05, 0) is 30.3 Å². The second kappa shape index (κ2) is 7.67. The smallest absolute Gasteiger partial charge is 0.286 e. The fourth-order valence-corrected chi connectivity index (χ4v) is 4.81. The summed E-state index contributed by atoms with van der Waals surface area (Å²) in [5, 5.41) is 11.2. The van der Waals surface area contributed by atoms with Crippen LogP contribution in [-0.4, -0.2) is 21.1 Å². The summed E-state index contributed by atoms with van der Waals surface area (Å²) in [7, 11) is 0. The third-order valence-electron chi connectivity index (χ3n) is 3.47. The second-order valence-corrected chi connectivity index (χ2v) is 8.57. The molecular formula is C17H10F2N4OS3. The molecule has 27 heavy (non-hydrogen) atoms. The van der Waals surface area contributed by atoms with Gasteiger partial charge in [0, 0.05) is 11.3 Å². The molecule has 0 saturated carbocycles. The molecule has 0 saturated heterocycles. The Morgan fingerprint density at radius 2 is 1.96 bits per heavy atom. The number of nitrogens with zero attached hydrogens (tertiary/aromatic N) is 3. The van der Waals surface area contributed by atoms with Crippen molar-refractivity contribution < 1.29 is 13.6 Å². The van der Waals surface area contributed by atoms with Gasteiger partial charge in [0.25, 0.3) is 5.91 Å². The van der Waals surface area contributed by atoms with Crippen LogP contribution in [0.1, 0.15) is 15.4 Å². The van der Waals surface area contributed by atoms with Gasteiger partial charge in [0.15, 0.2) is 9.35 Å². The minimum Gasteiger partial charge on any atom is -0.294 e. The minimum absolute atomic E-state index is 0.212. The van der Waals surface area contributed by atoms with Crippen LogP contribution in [0.4, 0.5) is 13.9 Å². The molecule has 0 fully saturated rings. The summed E-state index contributed by atoms with van der Waals surface area (Å²) in [6, 6.07) is 10.8. The molecule has 136 valence electrons. The molecule has 0 aliphatic rings. The SMILES string of the molecule is O=C(Nc1nnc(SCc2cc(F)ccc2F)s1)c1nc2ccccc2s1. The van der Waals surface area contributed by atoms with E-state index in [2.05, 4.69) is 20.5 Å². The number of aromatic nitrogens is 3. The van der Waals surface area contributed by atoms with Crippen molar-refractivity contribution in [1.82, 2.24) is 15.2 Å². The van der Waals surface area contributed by atoms with Gasteiger partial charge < -0.3 is 0 Å². The first-order chi connectivity index (χ1) is 13.1. The number of hydrogen-bond acceptors (Lipinski definition) is 7. The van der Waals surface area contributed by atoms with Gasteiger partial charge in [-0.25, -0.2) is 13.8 Å². The summed E-state index contributed by atoms with van der Waals surface area (Å²) in [5.74, 6) is -1.12. The lowest BCUT2D eigenvalue weighted by Crippen LogP contribution is -2.11. The third kappa shape index (κ3) is 4.12. The van der Waals surface area contributed by atoms with Crippen LogP contribution in [0.25, 0.3) is 10.2 Å². The molecule has 0 unspecified atom stereocenters. The van der Waals surface area contributed by atoms with Crippen molar-refractivity contribution in [3.05, 3.63) is 64.7 Å². The maximum absolute atomic E-state index is 13.6. The van der Waals surface area contributed by atoms with E-state index >= 15 is 0 Å². The van der Waals surface area contributed by atoms with Crippen molar-refractivity contribution in [2.45, 2.75) is 10.1 Å². The molecule has 0 bridgehead atoms. The molecule has 2 aromatic carbocycles. The zero-order valence-corrected chi connectivity index (χ0v) is 15.9. The van der Waals surface area contributed by atoms with Crippen LogP contribution in [0.3, 0.4) is 0 Å². The summed E-state index contributed by atoms with van der Waals surface area (Å²) >= 11 is 3.67. The lowest BCUT2D eigenvalue weighted by molar-refractivity contribution is 0.102. The number of benzene rings is 2. The summed E-state index contributed by atoms with van der Waals surface area (Å²) < 4.78 is 28.3. The van der Waals surface area contributed by atoms with E-state index in [0.717, 1.165) is 39.8 Å². The number of amides is 1. The van der Waals surface area contributed by atoms with Crippen LogP contribution in [0.5, 0.6) is 0 Å². The molecule has 0 radical (unpaired) electrons. The Bertz CT molecular complexity index is 1100. The van der Waals surface area contributed by atoms with Crippen LogP contribution in [0.15, 0.2) is 46.8 Å². The number of halogens is 2. The molecule has 0 atom stereocenters. The molecule has 0 aliphatic carbocycles. The molecule has 5 nitrogen and oxygen atoms in total. The third-order valence-corrected chi connectivity index (χ3v) is 6.53. The standard InChI is InChI=1S/C17H10F2N4OS3/c18-10-5-6-11(19)9(7-10)8-25-17-23-22-16(27-17)21-14(24)15-20-12-3-1-2-4-13(12)26-15/h1-7H,8H2,(H,21,22,24). The molecule has 1 N–H and O–H groups in total. The number of para-hydroxylation sites is 1. The number of fused-ring (bicyclic) bond motifs is 1. The molecule has 2 aromatic heterocycles. The molecule has 4 aromatic rings. The lowest BCUT2D eigenvalue weighted by atomic mass is 10.2. The lowest BCUT2D eigenvalue weighted by Gasteiger charge is -2.00. The van der Waals surface area contributed by atoms with Gasteiger partial charge in [0.05, 0.1) is 10.2 Å². The normalized spacial score (nSPS) is 11.0. The van der Waals surface area contributed by atoms with Gasteiger partial charge in [0.2, 0.25) is 5.13 Å². The molecule has 0 spiro atoms. The summed E-state index contributed by atoms with van der Waals surface area (Å²) in [6.07, 6.45) is 0. The number of thioether (sulfide) groups is 1. The van der Waals surface area contributed by atoms with E-state index in [4.69, 9.17) is 0 Å². The average Bonchev–Trinajstić information content (AvgIpc) is 3.29. The number of rotatable bonds is 5. The first-order valence-corrected chi connectivity index (χ1v) is 10.3. The Kier molecular flexibility index (Phi) is 5.10. The van der Waals surface area contributed by atoms with Crippen LogP contribution < -0.4 is 5.32 Å². The van der Waals surface area contributed by atoms with Gasteiger partial charge in [-0.3, -0.25) is 10.1 Å². The zero-order valence-electron chi connectivity index (χ0n) is 13.5. The summed E-state index contributed by atoms with van der Waals surface area (Å²) in [6.45, 7) is 0. The molecule has 0 aliphatic heterocycles. The van der Waals surface area contributed by atoms with E-state index in [9.17, 15) is 13.6 Å². The van der Waals surface area contributed by atoms with Crippen molar-refractivity contribution in [3.8, 4) is 0 Å². The predicted molar refractivity (Wildman–Crippen MR) is 103 cm³/mol. The molecule has 1 amide bonds. The van der Waals surface area contributed by atoms with E-state index < -0.39 is 11.6 Å². The van der Waals surface area contributed by atoms with Crippen LogP contribution in [-0.2, 0) is 5.75 Å². The highest BCUT2D eigenvalue weighted by atomic mass is 32.2. The Morgan fingerprint density at radius 1 is 1.11 bits per heavy atom. The highest BCUT2D eigenvalue weighted by molar-refractivity contribution is 8.00. The number of carbonyl (C=O) groups excluding carboxylic acids is 1. The number of nitrogens with one attached hydrogen (secondary N) is 1. The predicted octanol–water partition coefficient (Wildman–Crippen LogP) is 4.97. The monoisotopic (exact) mass is 420 g/mol. The maximum Gasteiger partial charge on any atom is 0.286 e. The second-order valence-electron chi connectivity index (χ2n) is 5.34. The van der Waals surface area contributed by atoms with Crippen LogP contribution in [0, 0.1) is 11.6 Å². The highest BCUT2D eigenvalue weighted by Crippen LogP contribution is 2.30. The maximum atomic E-state index is 13.6. The van der Waals surface area contributed by atoms with Crippen LogP contribution >= 0.6 is 34.4 Å². The average molecular weight is 420 g/mol. The van der Waals surface area contributed by atoms with Gasteiger partial charge >= 0.3 is 0 Å². The van der Waals surface area contributed by atoms with Crippen molar-refractivity contribution >= 4 is 55.7 Å². The Balaban J connectivity index is 1.41. The number of carbonyl (C=O) groups is 1. The largest absolute Gasteiger partial charge is 0.294 e. The van der Waals surface area contributed by atoms with Gasteiger partial charge in [-0.1, -0.05) is 35.2 Å². The molecular weight excluding hydrogens is 410 g/mol. The molecule has 4 rings (SSSR count). The number of anilines is 1. The zero-order chi connectivity index (χ0) is 18.8. The number of thiazole rings is 1. The quantitative estimate of drug-likeness (QED) is 0.365. The van der Waals surface area contributed by atoms with Gasteiger partial charge in [-0.15, -0.1) is 21.5 Å². The van der Waals surface area contributed by atoms with Crippen molar-refractivity contribution in [1.29, 1.82) is 0 Å². The van der Waals surface area contributed by atoms with E-state index in [-0.39, 0.29) is 17.2 Å². The fourth-order valence-electron chi connectivity index (χ4n) is 2.23. The minimum atomic E-state index is -0.493. The van der Waals surface area contributed by atoms with Crippen molar-refractivity contribution in [2.75, 3.05) is 5.32 Å². The first-order valence-electron chi connectivity index (χ1n) is 7.65. The topological polar surface area (TPSA) is 67.8 Å². The van der Waals surface area contributed by atoms with E-state index in [1.54, 1.807) is 0 Å². The van der Waals surface area contributed by atoms with E-state index in [1.165, 1.54) is 23.1 Å². The van der Waals surface area contributed by atoms with Crippen molar-refractivity contribution in [3.63, 3.8) is 0 Å². The van der Waals surface area contributed by atoms with Gasteiger partial charge in [0.1, 0.15) is 11.6 Å². The molecule has 2 heterocycles. The Hall–Kier alpha value is -2.43. The van der Waals surface area contributed by atoms with Crippen molar-refractivity contribution in [2.24, 2.45) is 0 Å². The van der Waals surface area contributed by atoms with Crippen LogP contribution in [0.2, 0.25) is 0 Å². The first kappa shape index (κ1) is 18.0. The Labute approximate surface area is 164 Å². The highest BCUT2D eigenvalue weighted by Gasteiger charge is 2.15. The Morgan fingerprint density at radius 3 is 2.81 bits per heavy atom. The molecule has 10 heteroatoms. The fraction of sp³-hybridized carbons (Fsp3) is 0.0588. The van der Waals surface area contributed by atoms with E-state index in [1.807, 2.05) is 24.3 Å². The number of hydrogen-bond donors (Lipinski definition) is 1. The summed E-state index contributed by atoms with van der Waals surface area (Å²) in [5.41, 5.74) is 1.01. The van der Waals surface area contributed by atoms with E-state index in [0.29, 0.717) is 14.5 Å². The van der Waals surface area contributed by atoms with Gasteiger partial charge in [-0.2, -0.15) is 0 Å². The summed E-state index contributed by atoms with van der Waals surface area (Å²) in [4.78, 5) is 16.6.